The molecule has 1 N–H and O–H groups in total. The van der Waals surface area contributed by atoms with E-state index in [1.807, 2.05) is 223 Å². The molecule has 0 amide bonds. The predicted molar refractivity (Wildman–Crippen MR) is 476 cm³/mol. The van der Waals surface area contributed by atoms with Crippen molar-refractivity contribution in [3.05, 3.63) is 142 Å². The molecule has 9 aromatic rings. The number of hydrogen-bond acceptors (Lipinski definition) is 12. The zero-order chi connectivity index (χ0) is 81.5. The summed E-state index contributed by atoms with van der Waals surface area (Å²) in [5, 5.41) is 17.5. The second-order valence-electron chi connectivity index (χ2n) is 26.0. The molecule has 2 saturated carbocycles. The third kappa shape index (κ3) is 111. The Bertz CT molecular complexity index is 2500. The molecule has 1 saturated heterocycles. The van der Waals surface area contributed by atoms with Gasteiger partial charge in [0.25, 0.3) is 0 Å². The number of benzene rings is 3. The maximum absolute atomic E-state index is 10.7. The zero-order valence-electron chi connectivity index (χ0n) is 74.3. The Morgan fingerprint density at radius 1 is 0.402 bits per heavy atom. The third-order valence-corrected chi connectivity index (χ3v) is 11.0. The fraction of sp³-hybridized carbons (Fsp3) is 0.663. The Labute approximate surface area is 647 Å². The molecule has 3 aromatic carbocycles. The van der Waals surface area contributed by atoms with Crippen LogP contribution in [-0.4, -0.2) is 41.5 Å². The number of imidazole rings is 1. The summed E-state index contributed by atoms with van der Waals surface area (Å²) >= 11 is 4.61. The standard InChI is InChI=1S/C9H6O2.C6H4N2O.C6H4N2S.C6H12.C5H4N2S.C5H10.C4H9N.C4H4S.7C4H10.8C2H6/c10-9-6-5-7-3-1-2-4-8(7)11-9;2*1-2-4-6-5(3-1)7-9-8-6;1-5(2)6-3-4-6;1-2-7-3-4-8-5(7)6-1;3*1-2-4-5-3-1;7*1-4(2)3;8*1-2/h1-6H;2*1-4H;5-6H,3-4H2,1-2H3;1-4H;1-5H2;5H,1-4H2;1-4H;7*4H,1-3H3;8*1-2H3. The summed E-state index contributed by atoms with van der Waals surface area (Å²) in [4.78, 5) is 15.8. The van der Waals surface area contributed by atoms with Crippen LogP contribution in [0.3, 0.4) is 0 Å². The SMILES string of the molecule is C1CCCC1.C1CCNC1.CC.CC.CC.CC.CC.CC.CC.CC.CC(C)C.CC(C)C.CC(C)C.CC(C)C.CC(C)C.CC(C)C.CC(C)C.CC(C)C1CC1.O=c1ccc2ccccc2o1.c1ccc2nonc2c1.c1ccc2nsnc2c1.c1ccsc1.c1cn2ccsc2n1. The van der Waals surface area contributed by atoms with E-state index in [1.54, 1.807) is 41.0 Å². The van der Waals surface area contributed by atoms with Crippen LogP contribution in [0.15, 0.2) is 146 Å². The van der Waals surface area contributed by atoms with Gasteiger partial charge in [-0.3, -0.25) is 4.40 Å². The smallest absolute Gasteiger partial charge is 0.336 e. The molecular formula is C89H171N7O3S3. The van der Waals surface area contributed by atoms with Crippen molar-refractivity contribution in [2.75, 3.05) is 13.1 Å². The van der Waals surface area contributed by atoms with Gasteiger partial charge in [-0.2, -0.15) is 20.1 Å². The zero-order valence-corrected chi connectivity index (χ0v) is 76.8. The van der Waals surface area contributed by atoms with Crippen molar-refractivity contribution in [1.82, 2.24) is 33.8 Å². The van der Waals surface area contributed by atoms with Gasteiger partial charge in [0.05, 0.1) is 11.7 Å². The molecule has 6 aromatic heterocycles. The van der Waals surface area contributed by atoms with Crippen LogP contribution in [0, 0.1) is 53.3 Å². The molecule has 0 unspecified atom stereocenters. The maximum atomic E-state index is 10.7. The summed E-state index contributed by atoms with van der Waals surface area (Å²) in [6.07, 6.45) is 19.0. The number of fused-ring (bicyclic) bond motifs is 4. The summed E-state index contributed by atoms with van der Waals surface area (Å²) < 4.78 is 19.5. The molecule has 0 bridgehead atoms. The molecule has 10 nitrogen and oxygen atoms in total. The molecule has 1 aliphatic heterocycles. The second kappa shape index (κ2) is 100. The van der Waals surface area contributed by atoms with Gasteiger partial charge in [0.15, 0.2) is 4.96 Å². The van der Waals surface area contributed by atoms with Crippen molar-refractivity contribution >= 4 is 72.4 Å². The van der Waals surface area contributed by atoms with Gasteiger partial charge in [-0.25, -0.2) is 14.4 Å². The van der Waals surface area contributed by atoms with Crippen LogP contribution in [0.2, 0.25) is 0 Å². The summed E-state index contributed by atoms with van der Waals surface area (Å²) in [7, 11) is 0. The van der Waals surface area contributed by atoms with Crippen molar-refractivity contribution in [3.8, 4) is 0 Å². The lowest BCUT2D eigenvalue weighted by molar-refractivity contribution is 0.315. The Balaban J connectivity index is -0.0000000965. The van der Waals surface area contributed by atoms with E-state index in [2.05, 4.69) is 193 Å². The lowest BCUT2D eigenvalue weighted by Gasteiger charge is -1.94. The average Bonchev–Trinajstić information content (AvgIpc) is 1.19. The van der Waals surface area contributed by atoms with Crippen LogP contribution < -0.4 is 10.9 Å². The van der Waals surface area contributed by atoms with Crippen LogP contribution in [0.1, 0.15) is 328 Å². The Hall–Kier alpha value is -5.08. The van der Waals surface area contributed by atoms with Gasteiger partial charge >= 0.3 is 5.63 Å². The largest absolute Gasteiger partial charge is 0.423 e. The Morgan fingerprint density at radius 3 is 1.02 bits per heavy atom. The van der Waals surface area contributed by atoms with Gasteiger partial charge in [-0.15, -0.1) is 11.3 Å². The summed E-state index contributed by atoms with van der Waals surface area (Å²) in [5.74, 6) is 7.90. The number of nitrogens with one attached hydrogen (secondary N) is 1. The first-order valence-electron chi connectivity index (χ1n) is 40.1. The van der Waals surface area contributed by atoms with Gasteiger partial charge in [-0.1, -0.05) is 357 Å². The van der Waals surface area contributed by atoms with Gasteiger partial charge in [-0.05, 0) is 150 Å². The molecule has 102 heavy (non-hydrogen) atoms. The average molecular weight is 1480 g/mol. The minimum atomic E-state index is -0.302. The fourth-order valence-electron chi connectivity index (χ4n) is 5.62. The number of rotatable bonds is 1. The van der Waals surface area contributed by atoms with E-state index >= 15 is 0 Å². The molecule has 0 atom stereocenters. The number of aromatic nitrogens is 6. The normalized spacial score (nSPS) is 10.7. The van der Waals surface area contributed by atoms with E-state index in [9.17, 15) is 4.79 Å². The molecule has 0 radical (unpaired) electrons. The highest BCUT2D eigenvalue weighted by Gasteiger charge is 2.24. The summed E-state index contributed by atoms with van der Waals surface area (Å²) in [5.41, 5.74) is 3.92. The summed E-state index contributed by atoms with van der Waals surface area (Å²) in [6.45, 7) is 84.6. The number of nitrogens with zero attached hydrogens (tertiary/aromatic N) is 6. The van der Waals surface area contributed by atoms with Crippen LogP contribution in [0.25, 0.3) is 38.0 Å². The van der Waals surface area contributed by atoms with Gasteiger partial charge in [0.1, 0.15) is 27.6 Å². The van der Waals surface area contributed by atoms with Crippen molar-refractivity contribution in [2.24, 2.45) is 53.3 Å². The van der Waals surface area contributed by atoms with Gasteiger partial charge in [0.2, 0.25) is 0 Å². The quantitative estimate of drug-likeness (QED) is 0.160. The highest BCUT2D eigenvalue weighted by atomic mass is 32.1. The number of thiazole rings is 1. The minimum Gasteiger partial charge on any atom is -0.423 e. The first kappa shape index (κ1) is 121. The van der Waals surface area contributed by atoms with E-state index in [-0.39, 0.29) is 5.63 Å². The van der Waals surface area contributed by atoms with Crippen molar-refractivity contribution in [2.45, 2.75) is 328 Å². The van der Waals surface area contributed by atoms with Crippen LogP contribution in [0.4, 0.5) is 0 Å². The second-order valence-corrected chi connectivity index (χ2v) is 28.3. The van der Waals surface area contributed by atoms with Crippen LogP contribution >= 0.6 is 34.4 Å². The number of para-hydroxylation sites is 1. The van der Waals surface area contributed by atoms with Crippen molar-refractivity contribution in [1.29, 1.82) is 0 Å². The fourth-order valence-corrected chi connectivity index (χ4v) is 7.28. The van der Waals surface area contributed by atoms with E-state index in [1.165, 1.54) is 88.7 Å². The van der Waals surface area contributed by atoms with Gasteiger partial charge < -0.3 is 9.73 Å². The molecule has 13 heteroatoms. The van der Waals surface area contributed by atoms with Crippen molar-refractivity contribution in [3.63, 3.8) is 0 Å². The van der Waals surface area contributed by atoms with Gasteiger partial charge in [0, 0.05) is 35.4 Å². The number of thiophene rings is 1. The Morgan fingerprint density at radius 2 is 0.735 bits per heavy atom. The Kier molecular flexibility index (Phi) is 119. The third-order valence-electron chi connectivity index (χ3n) is 9.07. The highest BCUT2D eigenvalue weighted by molar-refractivity contribution is 7.15. The first-order valence-corrected chi connectivity index (χ1v) is 42.6. The van der Waals surface area contributed by atoms with E-state index in [4.69, 9.17) is 4.42 Å². The number of hydrogen-bond donors (Lipinski definition) is 1. The molecule has 12 rings (SSSR count). The maximum Gasteiger partial charge on any atom is 0.336 e. The molecular weight excluding hydrogens is 1310 g/mol. The molecule has 3 aliphatic rings. The summed E-state index contributed by atoms with van der Waals surface area (Å²) in [6, 6.07) is 30.0. The molecule has 3 fully saturated rings. The van der Waals surface area contributed by atoms with E-state index < -0.39 is 0 Å². The molecule has 2 aliphatic carbocycles. The molecule has 0 spiro atoms. The predicted octanol–water partition coefficient (Wildman–Crippen LogP) is 32.1. The first-order chi connectivity index (χ1) is 48.7. The van der Waals surface area contributed by atoms with Crippen LogP contribution in [0.5, 0.6) is 0 Å². The van der Waals surface area contributed by atoms with Crippen LogP contribution in [-0.2, 0) is 0 Å². The lowest BCUT2D eigenvalue weighted by Crippen LogP contribution is -2.03. The minimum absolute atomic E-state index is 0.302. The van der Waals surface area contributed by atoms with Crippen molar-refractivity contribution < 1.29 is 9.05 Å². The van der Waals surface area contributed by atoms with E-state index in [0.29, 0.717) is 5.58 Å². The monoisotopic (exact) mass is 1480 g/mol. The molecule has 598 valence electrons. The topological polar surface area (TPSA) is 124 Å². The molecule has 7 heterocycles. The highest BCUT2D eigenvalue weighted by Crippen LogP contribution is 2.35. The lowest BCUT2D eigenvalue weighted by atomic mass is 10.1. The van der Waals surface area contributed by atoms with E-state index in [0.717, 1.165) is 85.7 Å².